The molecule has 0 N–H and O–H groups in total. The van der Waals surface area contributed by atoms with E-state index < -0.39 is 0 Å². The standard InChI is InChI=1S/C12H15NO/c1-4-14-12-6-5-11(7-8-13-3)10(2)9-12/h5-6,9H,4,7-8H2,1-2H3. The molecule has 1 aromatic rings. The van der Waals surface area contributed by atoms with Crippen molar-refractivity contribution in [2.24, 2.45) is 0 Å². The second-order valence-electron chi connectivity index (χ2n) is 3.15. The normalized spacial score (nSPS) is 9.50. The lowest BCUT2D eigenvalue weighted by Crippen LogP contribution is -1.95. The molecule has 2 nitrogen and oxygen atoms in total. The first kappa shape index (κ1) is 10.6. The van der Waals surface area contributed by atoms with Crippen LogP contribution in [0.25, 0.3) is 4.85 Å². The summed E-state index contributed by atoms with van der Waals surface area (Å²) >= 11 is 0. The summed E-state index contributed by atoms with van der Waals surface area (Å²) in [5.74, 6) is 0.913. The van der Waals surface area contributed by atoms with Crippen molar-refractivity contribution in [3.63, 3.8) is 0 Å². The first-order valence-corrected chi connectivity index (χ1v) is 4.83. The number of rotatable bonds is 4. The van der Waals surface area contributed by atoms with Crippen LogP contribution in [-0.4, -0.2) is 13.2 Å². The third-order valence-electron chi connectivity index (χ3n) is 2.12. The molecule has 0 amide bonds. The van der Waals surface area contributed by atoms with Crippen molar-refractivity contribution in [3.8, 4) is 5.75 Å². The third kappa shape index (κ3) is 2.77. The van der Waals surface area contributed by atoms with E-state index in [1.165, 1.54) is 11.1 Å². The topological polar surface area (TPSA) is 13.6 Å². The Labute approximate surface area is 85.3 Å². The van der Waals surface area contributed by atoms with E-state index in [9.17, 15) is 0 Å². The predicted octanol–water partition coefficient (Wildman–Crippen LogP) is 2.86. The van der Waals surface area contributed by atoms with Gasteiger partial charge in [-0.2, -0.15) is 0 Å². The molecule has 0 atom stereocenters. The number of benzene rings is 1. The van der Waals surface area contributed by atoms with Gasteiger partial charge in [0, 0.05) is 6.42 Å². The summed E-state index contributed by atoms with van der Waals surface area (Å²) in [5.41, 5.74) is 2.45. The fourth-order valence-electron chi connectivity index (χ4n) is 1.38. The van der Waals surface area contributed by atoms with Gasteiger partial charge in [-0.25, -0.2) is 6.57 Å². The van der Waals surface area contributed by atoms with Crippen LogP contribution in [0.1, 0.15) is 18.1 Å². The smallest absolute Gasteiger partial charge is 0.218 e. The molecule has 0 radical (unpaired) electrons. The molecule has 0 saturated heterocycles. The van der Waals surface area contributed by atoms with E-state index in [1.807, 2.05) is 25.1 Å². The monoisotopic (exact) mass is 189 g/mol. The third-order valence-corrected chi connectivity index (χ3v) is 2.12. The van der Waals surface area contributed by atoms with Gasteiger partial charge in [0.15, 0.2) is 0 Å². The zero-order chi connectivity index (χ0) is 10.4. The molecule has 0 fully saturated rings. The molecule has 0 aromatic heterocycles. The molecule has 74 valence electrons. The van der Waals surface area contributed by atoms with E-state index in [0.717, 1.165) is 12.2 Å². The van der Waals surface area contributed by atoms with Crippen molar-refractivity contribution in [2.75, 3.05) is 13.2 Å². The van der Waals surface area contributed by atoms with Gasteiger partial charge < -0.3 is 9.58 Å². The first-order valence-electron chi connectivity index (χ1n) is 4.83. The Bertz CT molecular complexity index is 339. The summed E-state index contributed by atoms with van der Waals surface area (Å²) in [6.45, 7) is 12.0. The van der Waals surface area contributed by atoms with E-state index in [4.69, 9.17) is 11.3 Å². The van der Waals surface area contributed by atoms with Crippen LogP contribution in [0, 0.1) is 13.5 Å². The Kier molecular flexibility index (Phi) is 4.00. The van der Waals surface area contributed by atoms with Crippen LogP contribution in [0.3, 0.4) is 0 Å². The minimum atomic E-state index is 0.564. The molecule has 0 saturated carbocycles. The largest absolute Gasteiger partial charge is 0.494 e. The van der Waals surface area contributed by atoms with Crippen LogP contribution in [0.5, 0.6) is 5.75 Å². The highest BCUT2D eigenvalue weighted by Gasteiger charge is 2.01. The van der Waals surface area contributed by atoms with Crippen molar-refractivity contribution in [1.29, 1.82) is 0 Å². The van der Waals surface area contributed by atoms with Crippen molar-refractivity contribution in [3.05, 3.63) is 40.7 Å². The van der Waals surface area contributed by atoms with Crippen molar-refractivity contribution in [1.82, 2.24) is 0 Å². The van der Waals surface area contributed by atoms with Crippen LogP contribution in [-0.2, 0) is 6.42 Å². The van der Waals surface area contributed by atoms with E-state index in [-0.39, 0.29) is 0 Å². The van der Waals surface area contributed by atoms with Crippen LogP contribution in [0.2, 0.25) is 0 Å². The zero-order valence-electron chi connectivity index (χ0n) is 8.71. The second kappa shape index (κ2) is 5.29. The predicted molar refractivity (Wildman–Crippen MR) is 57.5 cm³/mol. The van der Waals surface area contributed by atoms with E-state index in [1.54, 1.807) is 0 Å². The number of aryl methyl sites for hydroxylation is 1. The summed E-state index contributed by atoms with van der Waals surface area (Å²) in [6, 6.07) is 6.05. The van der Waals surface area contributed by atoms with E-state index in [2.05, 4.69) is 11.8 Å². The Morgan fingerprint density at radius 2 is 2.21 bits per heavy atom. The minimum absolute atomic E-state index is 0.564. The maximum Gasteiger partial charge on any atom is 0.218 e. The summed E-state index contributed by atoms with van der Waals surface area (Å²) in [4.78, 5) is 3.35. The van der Waals surface area contributed by atoms with Crippen LogP contribution in [0.15, 0.2) is 18.2 Å². The molecular weight excluding hydrogens is 174 g/mol. The van der Waals surface area contributed by atoms with Gasteiger partial charge in [-0.1, -0.05) is 6.07 Å². The van der Waals surface area contributed by atoms with Crippen LogP contribution in [0.4, 0.5) is 0 Å². The van der Waals surface area contributed by atoms with Gasteiger partial charge in [-0.3, -0.25) is 0 Å². The molecule has 0 aliphatic heterocycles. The minimum Gasteiger partial charge on any atom is -0.494 e. The number of nitrogens with zero attached hydrogens (tertiary/aromatic N) is 1. The maximum absolute atomic E-state index is 6.73. The molecule has 0 aliphatic carbocycles. The Balaban J connectivity index is 2.75. The lowest BCUT2D eigenvalue weighted by Gasteiger charge is -2.06. The fraction of sp³-hybridized carbons (Fsp3) is 0.417. The number of ether oxygens (including phenoxy) is 1. The number of hydrogen-bond acceptors (Lipinski definition) is 1. The van der Waals surface area contributed by atoms with Crippen LogP contribution >= 0.6 is 0 Å². The maximum atomic E-state index is 6.73. The molecule has 1 aromatic carbocycles. The molecule has 0 aliphatic rings. The quantitative estimate of drug-likeness (QED) is 0.664. The Hall–Kier alpha value is -1.49. The van der Waals surface area contributed by atoms with Gasteiger partial charge >= 0.3 is 0 Å². The van der Waals surface area contributed by atoms with Gasteiger partial charge in [0.05, 0.1) is 6.61 Å². The van der Waals surface area contributed by atoms with Gasteiger partial charge in [0.1, 0.15) is 5.75 Å². The highest BCUT2D eigenvalue weighted by Crippen LogP contribution is 2.17. The molecule has 14 heavy (non-hydrogen) atoms. The Morgan fingerprint density at radius 1 is 1.43 bits per heavy atom. The summed E-state index contributed by atoms with van der Waals surface area (Å²) in [6.07, 6.45) is 0.835. The van der Waals surface area contributed by atoms with Gasteiger partial charge in [0.2, 0.25) is 6.54 Å². The van der Waals surface area contributed by atoms with E-state index >= 15 is 0 Å². The van der Waals surface area contributed by atoms with Gasteiger partial charge in [-0.15, -0.1) is 0 Å². The fourth-order valence-corrected chi connectivity index (χ4v) is 1.38. The lowest BCUT2D eigenvalue weighted by atomic mass is 10.1. The summed E-state index contributed by atoms with van der Waals surface area (Å²) in [5, 5.41) is 0. The molecule has 2 heteroatoms. The van der Waals surface area contributed by atoms with Crippen molar-refractivity contribution < 1.29 is 4.74 Å². The molecule has 0 bridgehead atoms. The molecular formula is C12H15NO. The average molecular weight is 189 g/mol. The average Bonchev–Trinajstić information content (AvgIpc) is 2.17. The molecule has 0 heterocycles. The summed E-state index contributed by atoms with van der Waals surface area (Å²) in [7, 11) is 0. The SMILES string of the molecule is [C-]#[N+]CCc1ccc(OCC)cc1C. The first-order chi connectivity index (χ1) is 6.77. The zero-order valence-corrected chi connectivity index (χ0v) is 8.71. The van der Waals surface area contributed by atoms with Crippen molar-refractivity contribution >= 4 is 0 Å². The highest BCUT2D eigenvalue weighted by atomic mass is 16.5. The second-order valence-corrected chi connectivity index (χ2v) is 3.15. The van der Waals surface area contributed by atoms with Gasteiger partial charge in [0.25, 0.3) is 0 Å². The highest BCUT2D eigenvalue weighted by molar-refractivity contribution is 5.35. The lowest BCUT2D eigenvalue weighted by molar-refractivity contribution is 0.340. The summed E-state index contributed by atoms with van der Waals surface area (Å²) < 4.78 is 5.39. The van der Waals surface area contributed by atoms with Crippen LogP contribution < -0.4 is 4.74 Å². The van der Waals surface area contributed by atoms with Gasteiger partial charge in [-0.05, 0) is 37.1 Å². The Morgan fingerprint density at radius 3 is 2.79 bits per heavy atom. The molecule has 0 unspecified atom stereocenters. The molecule has 0 spiro atoms. The molecule has 1 rings (SSSR count). The number of hydrogen-bond donors (Lipinski definition) is 0. The van der Waals surface area contributed by atoms with E-state index in [0.29, 0.717) is 13.2 Å². The van der Waals surface area contributed by atoms with Crippen molar-refractivity contribution in [2.45, 2.75) is 20.3 Å².